The summed E-state index contributed by atoms with van der Waals surface area (Å²) >= 11 is 0. The van der Waals surface area contributed by atoms with Gasteiger partial charge in [-0.2, -0.15) is 0 Å². The summed E-state index contributed by atoms with van der Waals surface area (Å²) in [6.07, 6.45) is -0.842. The molecule has 4 nitrogen and oxygen atoms in total. The summed E-state index contributed by atoms with van der Waals surface area (Å²) in [5.74, 6) is 0. The van der Waals surface area contributed by atoms with Gasteiger partial charge < -0.3 is 15.2 Å². The lowest BCUT2D eigenvalue weighted by atomic mass is 9.49. The van der Waals surface area contributed by atoms with Crippen LogP contribution in [0, 0.1) is 10.8 Å². The van der Waals surface area contributed by atoms with Crippen molar-refractivity contribution in [2.24, 2.45) is 10.8 Å². The highest BCUT2D eigenvalue weighted by Crippen LogP contribution is 2.53. The van der Waals surface area contributed by atoms with Crippen LogP contribution in [0.3, 0.4) is 0 Å². The molecule has 2 N–H and O–H groups in total. The summed E-state index contributed by atoms with van der Waals surface area (Å²) in [6, 6.07) is -0.0835. The van der Waals surface area contributed by atoms with E-state index in [0.29, 0.717) is 0 Å². The summed E-state index contributed by atoms with van der Waals surface area (Å²) < 4.78 is 5.23. The smallest absolute Gasteiger partial charge is 0.407 e. The van der Waals surface area contributed by atoms with Crippen molar-refractivity contribution in [3.05, 3.63) is 0 Å². The number of aliphatic hydroxyl groups is 1. The molecule has 1 saturated carbocycles. The number of carbonyl (C=O) groups is 1. The SMILES string of the molecule is CC(C)(C)OC(=O)NC1C(C)(C)C(O)C1(C)C. The third-order valence-corrected chi connectivity index (χ3v) is 3.56. The normalized spacial score (nSPS) is 30.4. The lowest BCUT2D eigenvalue weighted by Gasteiger charge is -2.61. The number of nitrogens with one attached hydrogen (secondary N) is 1. The van der Waals surface area contributed by atoms with Crippen LogP contribution in [0.15, 0.2) is 0 Å². The molecule has 0 aromatic rings. The molecule has 1 rings (SSSR count). The van der Waals surface area contributed by atoms with Gasteiger partial charge >= 0.3 is 6.09 Å². The monoisotopic (exact) mass is 243 g/mol. The Morgan fingerprint density at radius 3 is 1.94 bits per heavy atom. The molecular weight excluding hydrogens is 218 g/mol. The standard InChI is InChI=1S/C13H25NO3/c1-11(2,3)17-10(16)14-8-12(4,5)9(15)13(8,6)7/h8-9,15H,1-7H3,(H,14,16). The first-order valence-corrected chi connectivity index (χ1v) is 6.06. The predicted molar refractivity (Wildman–Crippen MR) is 66.7 cm³/mol. The first-order valence-electron chi connectivity index (χ1n) is 6.06. The largest absolute Gasteiger partial charge is 0.444 e. The molecule has 1 amide bonds. The molecule has 1 aliphatic carbocycles. The van der Waals surface area contributed by atoms with Crippen LogP contribution >= 0.6 is 0 Å². The van der Waals surface area contributed by atoms with Crippen molar-refractivity contribution in [1.82, 2.24) is 5.32 Å². The van der Waals surface area contributed by atoms with Crippen molar-refractivity contribution >= 4 is 6.09 Å². The van der Waals surface area contributed by atoms with E-state index in [1.807, 2.05) is 48.5 Å². The number of rotatable bonds is 1. The minimum Gasteiger partial charge on any atom is -0.444 e. The maximum Gasteiger partial charge on any atom is 0.407 e. The molecule has 17 heavy (non-hydrogen) atoms. The summed E-state index contributed by atoms with van der Waals surface area (Å²) in [7, 11) is 0. The number of aliphatic hydroxyl groups excluding tert-OH is 1. The highest BCUT2D eigenvalue weighted by Gasteiger charge is 2.62. The van der Waals surface area contributed by atoms with Crippen LogP contribution < -0.4 is 5.32 Å². The molecule has 4 heteroatoms. The summed E-state index contributed by atoms with van der Waals surface area (Å²) in [4.78, 5) is 11.7. The van der Waals surface area contributed by atoms with Gasteiger partial charge in [0.15, 0.2) is 0 Å². The van der Waals surface area contributed by atoms with Gasteiger partial charge in [-0.25, -0.2) is 4.79 Å². The van der Waals surface area contributed by atoms with E-state index in [0.717, 1.165) is 0 Å². The van der Waals surface area contributed by atoms with Gasteiger partial charge in [0.25, 0.3) is 0 Å². The number of hydrogen-bond donors (Lipinski definition) is 2. The zero-order valence-electron chi connectivity index (χ0n) is 11.9. The summed E-state index contributed by atoms with van der Waals surface area (Å²) in [5, 5.41) is 12.9. The average molecular weight is 243 g/mol. The molecule has 0 aliphatic heterocycles. The third kappa shape index (κ3) is 2.57. The third-order valence-electron chi connectivity index (χ3n) is 3.56. The van der Waals surface area contributed by atoms with E-state index in [2.05, 4.69) is 5.32 Å². The zero-order chi connectivity index (χ0) is 13.6. The van der Waals surface area contributed by atoms with Gasteiger partial charge in [0.05, 0.1) is 6.10 Å². The maximum atomic E-state index is 11.7. The molecule has 0 atom stereocenters. The van der Waals surface area contributed by atoms with Crippen LogP contribution in [0.25, 0.3) is 0 Å². The Hall–Kier alpha value is -0.770. The fourth-order valence-corrected chi connectivity index (χ4v) is 2.93. The first-order chi connectivity index (χ1) is 7.39. The van der Waals surface area contributed by atoms with Crippen molar-refractivity contribution in [3.63, 3.8) is 0 Å². The Bertz CT molecular complexity index is 299. The van der Waals surface area contributed by atoms with E-state index in [1.165, 1.54) is 0 Å². The molecule has 0 aromatic carbocycles. The van der Waals surface area contributed by atoms with Crippen LogP contribution in [-0.4, -0.2) is 28.9 Å². The lowest BCUT2D eigenvalue weighted by Crippen LogP contribution is -2.73. The zero-order valence-corrected chi connectivity index (χ0v) is 11.9. The van der Waals surface area contributed by atoms with Crippen LogP contribution in [0.2, 0.25) is 0 Å². The van der Waals surface area contributed by atoms with E-state index < -0.39 is 17.8 Å². The molecular formula is C13H25NO3. The van der Waals surface area contributed by atoms with Gasteiger partial charge in [-0.15, -0.1) is 0 Å². The number of hydrogen-bond acceptors (Lipinski definition) is 3. The van der Waals surface area contributed by atoms with E-state index in [1.54, 1.807) is 0 Å². The molecule has 0 saturated heterocycles. The van der Waals surface area contributed by atoms with Crippen molar-refractivity contribution < 1.29 is 14.6 Å². The second-order valence-corrected chi connectivity index (χ2v) is 7.12. The second kappa shape index (κ2) is 3.87. The topological polar surface area (TPSA) is 58.6 Å². The van der Waals surface area contributed by atoms with E-state index >= 15 is 0 Å². The number of amides is 1. The van der Waals surface area contributed by atoms with Crippen LogP contribution in [0.1, 0.15) is 48.5 Å². The Morgan fingerprint density at radius 2 is 1.59 bits per heavy atom. The fourth-order valence-electron chi connectivity index (χ4n) is 2.93. The van der Waals surface area contributed by atoms with Gasteiger partial charge in [-0.05, 0) is 20.8 Å². The van der Waals surface area contributed by atoms with Crippen LogP contribution in [-0.2, 0) is 4.74 Å². The molecule has 1 aliphatic rings. The van der Waals surface area contributed by atoms with Crippen molar-refractivity contribution in [1.29, 1.82) is 0 Å². The number of ether oxygens (including phenoxy) is 1. The summed E-state index contributed by atoms with van der Waals surface area (Å²) in [6.45, 7) is 13.3. The van der Waals surface area contributed by atoms with Gasteiger partial charge in [0.1, 0.15) is 5.60 Å². The van der Waals surface area contributed by atoms with Crippen LogP contribution in [0.5, 0.6) is 0 Å². The average Bonchev–Trinajstić information content (AvgIpc) is 2.09. The molecule has 0 radical (unpaired) electrons. The van der Waals surface area contributed by atoms with Crippen molar-refractivity contribution in [2.75, 3.05) is 0 Å². The summed E-state index contributed by atoms with van der Waals surface area (Å²) in [5.41, 5.74) is -1.14. The van der Waals surface area contributed by atoms with E-state index in [4.69, 9.17) is 4.74 Å². The fraction of sp³-hybridized carbons (Fsp3) is 0.923. The van der Waals surface area contributed by atoms with Crippen LogP contribution in [0.4, 0.5) is 4.79 Å². The van der Waals surface area contributed by atoms with Crippen molar-refractivity contribution in [3.8, 4) is 0 Å². The Kier molecular flexibility index (Phi) is 3.25. The molecule has 1 fully saturated rings. The van der Waals surface area contributed by atoms with Gasteiger partial charge in [-0.1, -0.05) is 27.7 Å². The Labute approximate surface area is 104 Å². The van der Waals surface area contributed by atoms with Crippen molar-refractivity contribution in [2.45, 2.75) is 66.2 Å². The number of alkyl carbamates (subject to hydrolysis) is 1. The molecule has 0 spiro atoms. The minimum absolute atomic E-state index is 0.0835. The molecule has 100 valence electrons. The number of carbonyl (C=O) groups excluding carboxylic acids is 1. The Morgan fingerprint density at radius 1 is 1.18 bits per heavy atom. The molecule has 0 aromatic heterocycles. The molecule has 0 bridgehead atoms. The maximum absolute atomic E-state index is 11.7. The van der Waals surface area contributed by atoms with Gasteiger partial charge in [0, 0.05) is 16.9 Å². The highest BCUT2D eigenvalue weighted by molar-refractivity contribution is 5.68. The molecule has 0 heterocycles. The highest BCUT2D eigenvalue weighted by atomic mass is 16.6. The Balaban J connectivity index is 2.67. The minimum atomic E-state index is -0.499. The second-order valence-electron chi connectivity index (χ2n) is 7.12. The van der Waals surface area contributed by atoms with Gasteiger partial charge in [-0.3, -0.25) is 0 Å². The van der Waals surface area contributed by atoms with Gasteiger partial charge in [0.2, 0.25) is 0 Å². The van der Waals surface area contributed by atoms with E-state index in [-0.39, 0.29) is 16.9 Å². The lowest BCUT2D eigenvalue weighted by molar-refractivity contribution is -0.181. The predicted octanol–water partition coefficient (Wildman–Crippen LogP) is 2.31. The first kappa shape index (κ1) is 14.3. The van der Waals surface area contributed by atoms with E-state index in [9.17, 15) is 9.90 Å². The molecule has 0 unspecified atom stereocenters. The quantitative estimate of drug-likeness (QED) is 0.743.